The number of benzene rings is 1. The van der Waals surface area contributed by atoms with Crippen molar-refractivity contribution in [3.8, 4) is 0 Å². The molecule has 22 heavy (non-hydrogen) atoms. The Morgan fingerprint density at radius 1 is 1.36 bits per heavy atom. The zero-order valence-corrected chi connectivity index (χ0v) is 12.7. The predicted molar refractivity (Wildman–Crippen MR) is 81.2 cm³/mol. The maximum atomic E-state index is 12.8. The topological polar surface area (TPSA) is 91.0 Å². The van der Waals surface area contributed by atoms with E-state index in [0.717, 1.165) is 0 Å². The first-order valence-electron chi connectivity index (χ1n) is 7.45. The van der Waals surface area contributed by atoms with Crippen molar-refractivity contribution in [1.82, 2.24) is 25.6 Å². The standard InChI is InChI=1S/C15H19N5O2/c1-9(2)7-13-14(21)16-5-6-20(13)15(22)10-3-4-11-12(8-10)18-19-17-11/h3-4,8-9,13H,5-7H2,1-2H3,(H,16,21)(H,17,18,19)/t13-/m0/s1. The number of fused-ring (bicyclic) bond motifs is 1. The predicted octanol–water partition coefficient (Wildman–Crippen LogP) is 0.945. The molecule has 0 radical (unpaired) electrons. The Hall–Kier alpha value is -2.44. The fraction of sp³-hybridized carbons (Fsp3) is 0.467. The van der Waals surface area contributed by atoms with Crippen LogP contribution in [0.3, 0.4) is 0 Å². The normalized spacial score (nSPS) is 18.8. The summed E-state index contributed by atoms with van der Waals surface area (Å²) >= 11 is 0. The summed E-state index contributed by atoms with van der Waals surface area (Å²) in [5, 5.41) is 13.4. The molecule has 116 valence electrons. The first-order chi connectivity index (χ1) is 10.6. The van der Waals surface area contributed by atoms with Crippen molar-refractivity contribution in [1.29, 1.82) is 0 Å². The zero-order valence-electron chi connectivity index (χ0n) is 12.7. The molecule has 7 nitrogen and oxygen atoms in total. The van der Waals surface area contributed by atoms with E-state index in [1.165, 1.54) is 0 Å². The fourth-order valence-electron chi connectivity index (χ4n) is 2.78. The third-order valence-electron chi connectivity index (χ3n) is 3.85. The fourth-order valence-corrected chi connectivity index (χ4v) is 2.78. The van der Waals surface area contributed by atoms with Crippen LogP contribution in [0.5, 0.6) is 0 Å². The quantitative estimate of drug-likeness (QED) is 0.883. The van der Waals surface area contributed by atoms with Crippen LogP contribution in [0.2, 0.25) is 0 Å². The van der Waals surface area contributed by atoms with Crippen LogP contribution in [-0.2, 0) is 4.79 Å². The van der Waals surface area contributed by atoms with Crippen molar-refractivity contribution in [2.45, 2.75) is 26.3 Å². The van der Waals surface area contributed by atoms with Gasteiger partial charge in [-0.1, -0.05) is 13.8 Å². The molecule has 1 aliphatic heterocycles. The van der Waals surface area contributed by atoms with Gasteiger partial charge in [-0.25, -0.2) is 0 Å². The number of amides is 2. The Bertz CT molecular complexity index is 709. The number of carbonyl (C=O) groups is 2. The number of hydrogen-bond donors (Lipinski definition) is 2. The molecule has 0 saturated carbocycles. The average Bonchev–Trinajstić information content (AvgIpc) is 2.95. The summed E-state index contributed by atoms with van der Waals surface area (Å²) in [4.78, 5) is 26.6. The van der Waals surface area contributed by atoms with Crippen molar-refractivity contribution in [2.75, 3.05) is 13.1 Å². The lowest BCUT2D eigenvalue weighted by Crippen LogP contribution is -2.57. The molecule has 2 heterocycles. The van der Waals surface area contributed by atoms with Crippen molar-refractivity contribution in [3.05, 3.63) is 23.8 Å². The lowest BCUT2D eigenvalue weighted by molar-refractivity contribution is -0.128. The van der Waals surface area contributed by atoms with Gasteiger partial charge in [-0.15, -0.1) is 0 Å². The highest BCUT2D eigenvalue weighted by Gasteiger charge is 2.33. The molecule has 7 heteroatoms. The SMILES string of the molecule is CC(C)C[C@H]1C(=O)NCCN1C(=O)c1ccc2n[nH]nc2c1. The molecule has 1 aromatic carbocycles. The Balaban J connectivity index is 1.89. The summed E-state index contributed by atoms with van der Waals surface area (Å²) in [6, 6.07) is 4.79. The minimum absolute atomic E-state index is 0.0733. The molecule has 2 N–H and O–H groups in total. The van der Waals surface area contributed by atoms with Gasteiger partial charge in [-0.05, 0) is 30.5 Å². The smallest absolute Gasteiger partial charge is 0.254 e. The summed E-state index contributed by atoms with van der Waals surface area (Å²) in [5.74, 6) is 0.128. The van der Waals surface area contributed by atoms with Gasteiger partial charge in [0.1, 0.15) is 17.1 Å². The van der Waals surface area contributed by atoms with Crippen LogP contribution in [0, 0.1) is 5.92 Å². The number of aromatic amines is 1. The second-order valence-corrected chi connectivity index (χ2v) is 5.96. The zero-order chi connectivity index (χ0) is 15.7. The Labute approximate surface area is 128 Å². The van der Waals surface area contributed by atoms with Gasteiger partial charge in [0.05, 0.1) is 0 Å². The molecule has 1 aliphatic rings. The molecule has 1 aromatic heterocycles. The number of piperazine rings is 1. The number of carbonyl (C=O) groups excluding carboxylic acids is 2. The van der Waals surface area contributed by atoms with Crippen molar-refractivity contribution in [2.24, 2.45) is 5.92 Å². The number of nitrogens with zero attached hydrogens (tertiary/aromatic N) is 3. The highest BCUT2D eigenvalue weighted by atomic mass is 16.2. The Kier molecular flexibility index (Phi) is 3.79. The second-order valence-electron chi connectivity index (χ2n) is 5.96. The second kappa shape index (κ2) is 5.75. The molecule has 1 saturated heterocycles. The maximum Gasteiger partial charge on any atom is 0.254 e. The Morgan fingerprint density at radius 3 is 2.91 bits per heavy atom. The largest absolute Gasteiger partial charge is 0.353 e. The third-order valence-corrected chi connectivity index (χ3v) is 3.85. The van der Waals surface area contributed by atoms with Crippen LogP contribution in [0.1, 0.15) is 30.6 Å². The van der Waals surface area contributed by atoms with E-state index in [9.17, 15) is 9.59 Å². The van der Waals surface area contributed by atoms with Crippen LogP contribution in [0.4, 0.5) is 0 Å². The van der Waals surface area contributed by atoms with Crippen molar-refractivity contribution >= 4 is 22.8 Å². The van der Waals surface area contributed by atoms with E-state index in [0.29, 0.717) is 42.0 Å². The third kappa shape index (κ3) is 2.66. The average molecular weight is 301 g/mol. The molecule has 2 amide bonds. The van der Waals surface area contributed by atoms with Gasteiger partial charge in [0, 0.05) is 18.7 Å². The summed E-state index contributed by atoms with van der Waals surface area (Å²) in [5.41, 5.74) is 1.89. The summed E-state index contributed by atoms with van der Waals surface area (Å²) in [6.07, 6.45) is 0.657. The molecule has 1 atom stereocenters. The lowest BCUT2D eigenvalue weighted by atomic mass is 9.99. The number of H-pyrrole nitrogens is 1. The minimum Gasteiger partial charge on any atom is -0.353 e. The van der Waals surface area contributed by atoms with Crippen LogP contribution in [0.25, 0.3) is 11.0 Å². The van der Waals surface area contributed by atoms with Crippen LogP contribution in [0.15, 0.2) is 18.2 Å². The minimum atomic E-state index is -0.408. The molecular formula is C15H19N5O2. The monoisotopic (exact) mass is 301 g/mol. The van der Waals surface area contributed by atoms with Gasteiger partial charge in [0.15, 0.2) is 0 Å². The van der Waals surface area contributed by atoms with E-state index in [1.807, 2.05) is 13.8 Å². The lowest BCUT2D eigenvalue weighted by Gasteiger charge is -2.36. The van der Waals surface area contributed by atoms with Gasteiger partial charge >= 0.3 is 0 Å². The van der Waals surface area contributed by atoms with E-state index >= 15 is 0 Å². The molecule has 0 unspecified atom stereocenters. The van der Waals surface area contributed by atoms with Crippen molar-refractivity contribution < 1.29 is 9.59 Å². The van der Waals surface area contributed by atoms with Gasteiger partial charge in [-0.2, -0.15) is 15.4 Å². The van der Waals surface area contributed by atoms with Crippen LogP contribution in [-0.4, -0.2) is 51.3 Å². The van der Waals surface area contributed by atoms with Gasteiger partial charge in [-0.3, -0.25) is 9.59 Å². The number of rotatable bonds is 3. The van der Waals surface area contributed by atoms with Crippen molar-refractivity contribution in [3.63, 3.8) is 0 Å². The summed E-state index contributed by atoms with van der Waals surface area (Å²) in [6.45, 7) is 5.11. The highest BCUT2D eigenvalue weighted by Crippen LogP contribution is 2.19. The van der Waals surface area contributed by atoms with Crippen LogP contribution < -0.4 is 5.32 Å². The van der Waals surface area contributed by atoms with E-state index in [1.54, 1.807) is 23.1 Å². The van der Waals surface area contributed by atoms with E-state index in [4.69, 9.17) is 0 Å². The van der Waals surface area contributed by atoms with Gasteiger partial charge in [0.2, 0.25) is 5.91 Å². The van der Waals surface area contributed by atoms with Gasteiger partial charge in [0.25, 0.3) is 5.91 Å². The first-order valence-corrected chi connectivity index (χ1v) is 7.45. The molecular weight excluding hydrogens is 282 g/mol. The number of aromatic nitrogens is 3. The first kappa shape index (κ1) is 14.5. The van der Waals surface area contributed by atoms with Gasteiger partial charge < -0.3 is 10.2 Å². The highest BCUT2D eigenvalue weighted by molar-refractivity contribution is 6.00. The van der Waals surface area contributed by atoms with E-state index in [2.05, 4.69) is 20.7 Å². The van der Waals surface area contributed by atoms with E-state index < -0.39 is 6.04 Å². The number of hydrogen-bond acceptors (Lipinski definition) is 4. The molecule has 0 aliphatic carbocycles. The molecule has 0 spiro atoms. The molecule has 1 fully saturated rings. The molecule has 0 bridgehead atoms. The number of nitrogens with one attached hydrogen (secondary N) is 2. The summed E-state index contributed by atoms with van der Waals surface area (Å²) < 4.78 is 0. The molecule has 3 rings (SSSR count). The van der Waals surface area contributed by atoms with Crippen LogP contribution >= 0.6 is 0 Å². The molecule has 2 aromatic rings. The maximum absolute atomic E-state index is 12.8. The summed E-state index contributed by atoms with van der Waals surface area (Å²) in [7, 11) is 0. The van der Waals surface area contributed by atoms with E-state index in [-0.39, 0.29) is 11.8 Å². The Morgan fingerprint density at radius 2 is 2.14 bits per heavy atom.